The van der Waals surface area contributed by atoms with Crippen molar-refractivity contribution in [1.29, 1.82) is 0 Å². The largest absolute Gasteiger partial charge is 0.493 e. The van der Waals surface area contributed by atoms with Gasteiger partial charge in [0.2, 0.25) is 0 Å². The lowest BCUT2D eigenvalue weighted by molar-refractivity contribution is -0.384. The fraction of sp³-hybridized carbons (Fsp3) is 0.222. The number of carbonyl (C=O) groups is 2. The van der Waals surface area contributed by atoms with E-state index in [1.165, 1.54) is 30.3 Å². The average molecular weight is 378 g/mol. The summed E-state index contributed by atoms with van der Waals surface area (Å²) in [5.41, 5.74) is 0.203. The first-order chi connectivity index (χ1) is 12.4. The highest BCUT2D eigenvalue weighted by Gasteiger charge is 2.17. The zero-order valence-corrected chi connectivity index (χ0v) is 14.7. The van der Waals surface area contributed by atoms with Crippen LogP contribution in [-0.4, -0.2) is 29.9 Å². The van der Waals surface area contributed by atoms with Gasteiger partial charge in [0.25, 0.3) is 5.69 Å². The van der Waals surface area contributed by atoms with Gasteiger partial charge in [-0.25, -0.2) is 4.79 Å². The first-order valence-electron chi connectivity index (χ1n) is 7.79. The highest BCUT2D eigenvalue weighted by molar-refractivity contribution is 6.31. The molecule has 0 radical (unpaired) electrons. The number of Topliss-reactive ketones (excluding diaryl/α,β-unsaturated/α-hetero) is 1. The zero-order valence-electron chi connectivity index (χ0n) is 13.9. The Hall–Kier alpha value is -2.93. The van der Waals surface area contributed by atoms with Crippen LogP contribution in [0.1, 0.15) is 34.1 Å². The summed E-state index contributed by atoms with van der Waals surface area (Å²) in [6.07, 6.45) is 0.760. The average Bonchev–Trinajstić information content (AvgIpc) is 2.64. The Morgan fingerprint density at radius 1 is 1.15 bits per heavy atom. The molecule has 0 amide bonds. The summed E-state index contributed by atoms with van der Waals surface area (Å²) in [4.78, 5) is 34.4. The quantitative estimate of drug-likeness (QED) is 0.297. The van der Waals surface area contributed by atoms with Crippen LogP contribution in [0, 0.1) is 10.1 Å². The summed E-state index contributed by atoms with van der Waals surface area (Å²) in [6.45, 7) is 1.84. The highest BCUT2D eigenvalue weighted by Crippen LogP contribution is 2.24. The Labute approximate surface area is 154 Å². The van der Waals surface area contributed by atoms with E-state index in [1.54, 1.807) is 12.1 Å². The molecule has 0 N–H and O–H groups in total. The van der Waals surface area contributed by atoms with Crippen LogP contribution in [0.15, 0.2) is 42.5 Å². The van der Waals surface area contributed by atoms with Gasteiger partial charge in [-0.05, 0) is 36.8 Å². The van der Waals surface area contributed by atoms with Crippen LogP contribution in [0.25, 0.3) is 0 Å². The molecule has 8 heteroatoms. The summed E-state index contributed by atoms with van der Waals surface area (Å²) >= 11 is 5.91. The number of esters is 1. The molecule has 2 aromatic carbocycles. The third-order valence-electron chi connectivity index (χ3n) is 3.36. The zero-order chi connectivity index (χ0) is 19.1. The van der Waals surface area contributed by atoms with Gasteiger partial charge < -0.3 is 9.47 Å². The number of halogens is 1. The van der Waals surface area contributed by atoms with Gasteiger partial charge in [-0.1, -0.05) is 18.5 Å². The molecule has 0 heterocycles. The number of benzene rings is 2. The Morgan fingerprint density at radius 3 is 2.46 bits per heavy atom. The second-order valence-electron chi connectivity index (χ2n) is 5.29. The standard InChI is InChI=1S/C18H16ClNO6/c1-2-9-25-17-8-5-13(19)10-15(17)18(22)26-11-16(21)12-3-6-14(7-4-12)20(23)24/h3-8,10H,2,9,11H2,1H3. The Bertz CT molecular complexity index is 819. The van der Waals surface area contributed by atoms with Crippen molar-refractivity contribution < 1.29 is 24.0 Å². The highest BCUT2D eigenvalue weighted by atomic mass is 35.5. The molecule has 0 saturated heterocycles. The molecule has 0 aliphatic carbocycles. The van der Waals surface area contributed by atoms with Gasteiger partial charge in [0.1, 0.15) is 11.3 Å². The smallest absolute Gasteiger partial charge is 0.342 e. The third-order valence-corrected chi connectivity index (χ3v) is 3.59. The number of hydrogen-bond donors (Lipinski definition) is 0. The molecular formula is C18H16ClNO6. The second kappa shape index (κ2) is 8.96. The maximum Gasteiger partial charge on any atom is 0.342 e. The summed E-state index contributed by atoms with van der Waals surface area (Å²) in [6, 6.07) is 9.60. The maximum absolute atomic E-state index is 12.3. The molecule has 2 aromatic rings. The van der Waals surface area contributed by atoms with Crippen molar-refractivity contribution >= 4 is 29.0 Å². The van der Waals surface area contributed by atoms with Crippen molar-refractivity contribution in [2.24, 2.45) is 0 Å². The molecule has 7 nitrogen and oxygen atoms in total. The number of rotatable bonds is 8. The number of ketones is 1. The maximum atomic E-state index is 12.3. The summed E-state index contributed by atoms with van der Waals surface area (Å²) in [5.74, 6) is -0.899. The van der Waals surface area contributed by atoms with Gasteiger partial charge in [-0.3, -0.25) is 14.9 Å². The van der Waals surface area contributed by atoms with Crippen LogP contribution < -0.4 is 4.74 Å². The van der Waals surface area contributed by atoms with Crippen LogP contribution in [0.4, 0.5) is 5.69 Å². The number of hydrogen-bond acceptors (Lipinski definition) is 6. The van der Waals surface area contributed by atoms with Crippen LogP contribution in [-0.2, 0) is 4.74 Å². The first kappa shape index (κ1) is 19.4. The molecule has 0 aliphatic rings. The molecule has 0 saturated carbocycles. The van der Waals surface area contributed by atoms with E-state index >= 15 is 0 Å². The van der Waals surface area contributed by atoms with Crippen molar-refractivity contribution in [1.82, 2.24) is 0 Å². The van der Waals surface area contributed by atoms with E-state index in [-0.39, 0.29) is 16.8 Å². The van der Waals surface area contributed by atoms with Crippen LogP contribution >= 0.6 is 11.6 Å². The van der Waals surface area contributed by atoms with E-state index in [2.05, 4.69) is 0 Å². The van der Waals surface area contributed by atoms with E-state index in [0.717, 1.165) is 6.42 Å². The minimum atomic E-state index is -0.742. The van der Waals surface area contributed by atoms with E-state index in [1.807, 2.05) is 6.92 Å². The fourth-order valence-corrected chi connectivity index (χ4v) is 2.23. The molecule has 0 aliphatic heterocycles. The normalized spacial score (nSPS) is 10.2. The topological polar surface area (TPSA) is 95.7 Å². The molecule has 0 atom stereocenters. The number of nitro groups is 1. The van der Waals surface area contributed by atoms with Crippen molar-refractivity contribution in [2.75, 3.05) is 13.2 Å². The van der Waals surface area contributed by atoms with Crippen LogP contribution in [0.5, 0.6) is 5.75 Å². The Morgan fingerprint density at radius 2 is 1.85 bits per heavy atom. The molecule has 0 fully saturated rings. The summed E-state index contributed by atoms with van der Waals surface area (Å²) in [5, 5.41) is 11.0. The van der Waals surface area contributed by atoms with E-state index in [0.29, 0.717) is 17.4 Å². The minimum absolute atomic E-state index is 0.127. The molecule has 0 spiro atoms. The lowest BCUT2D eigenvalue weighted by atomic mass is 10.1. The monoisotopic (exact) mass is 377 g/mol. The lowest BCUT2D eigenvalue weighted by Gasteiger charge is -2.11. The van der Waals surface area contributed by atoms with Gasteiger partial charge in [-0.2, -0.15) is 0 Å². The predicted molar refractivity (Wildman–Crippen MR) is 94.9 cm³/mol. The van der Waals surface area contributed by atoms with Gasteiger partial charge in [0.05, 0.1) is 11.5 Å². The Balaban J connectivity index is 2.04. The summed E-state index contributed by atoms with van der Waals surface area (Å²) in [7, 11) is 0. The van der Waals surface area contributed by atoms with E-state index in [9.17, 15) is 19.7 Å². The van der Waals surface area contributed by atoms with Gasteiger partial charge in [-0.15, -0.1) is 0 Å². The third kappa shape index (κ3) is 5.03. The summed E-state index contributed by atoms with van der Waals surface area (Å²) < 4.78 is 10.5. The SMILES string of the molecule is CCCOc1ccc(Cl)cc1C(=O)OCC(=O)c1ccc([N+](=O)[O-])cc1. The predicted octanol–water partition coefficient (Wildman–Crippen LogP) is 4.08. The minimum Gasteiger partial charge on any atom is -0.493 e. The van der Waals surface area contributed by atoms with E-state index in [4.69, 9.17) is 21.1 Å². The van der Waals surface area contributed by atoms with Gasteiger partial charge in [0, 0.05) is 22.7 Å². The van der Waals surface area contributed by atoms with Gasteiger partial charge in [0.15, 0.2) is 12.4 Å². The Kier molecular flexibility index (Phi) is 6.68. The second-order valence-corrected chi connectivity index (χ2v) is 5.73. The number of nitrogens with zero attached hydrogens (tertiary/aromatic N) is 1. The molecule has 2 rings (SSSR count). The molecule has 0 bridgehead atoms. The lowest BCUT2D eigenvalue weighted by Crippen LogP contribution is -2.15. The molecular weight excluding hydrogens is 362 g/mol. The molecule has 0 aromatic heterocycles. The first-order valence-corrected chi connectivity index (χ1v) is 8.17. The number of ether oxygens (including phenoxy) is 2. The molecule has 26 heavy (non-hydrogen) atoms. The van der Waals surface area contributed by atoms with Crippen molar-refractivity contribution in [3.8, 4) is 5.75 Å². The number of nitro benzene ring substituents is 1. The van der Waals surface area contributed by atoms with Crippen molar-refractivity contribution in [2.45, 2.75) is 13.3 Å². The molecule has 0 unspecified atom stereocenters. The van der Waals surface area contributed by atoms with Crippen molar-refractivity contribution in [3.05, 3.63) is 68.7 Å². The van der Waals surface area contributed by atoms with Crippen molar-refractivity contribution in [3.63, 3.8) is 0 Å². The molecule has 136 valence electrons. The fourth-order valence-electron chi connectivity index (χ4n) is 2.06. The van der Waals surface area contributed by atoms with Crippen LogP contribution in [0.2, 0.25) is 5.02 Å². The van der Waals surface area contributed by atoms with E-state index < -0.39 is 23.3 Å². The van der Waals surface area contributed by atoms with Crippen LogP contribution in [0.3, 0.4) is 0 Å². The van der Waals surface area contributed by atoms with Gasteiger partial charge >= 0.3 is 5.97 Å². The number of carbonyl (C=O) groups excluding carboxylic acids is 2. The number of non-ortho nitro benzene ring substituents is 1.